The SMILES string of the molecule is CC1(C)CC(=O)C2=C(C1)Nc1nnnn1C2c1ccccc1OCc1ccccc1Cl. The van der Waals surface area contributed by atoms with Gasteiger partial charge in [0.25, 0.3) is 0 Å². The molecule has 31 heavy (non-hydrogen) atoms. The van der Waals surface area contributed by atoms with Crippen molar-refractivity contribution in [3.05, 3.63) is 76.0 Å². The van der Waals surface area contributed by atoms with Crippen molar-refractivity contribution >= 4 is 23.3 Å². The highest BCUT2D eigenvalue weighted by atomic mass is 35.5. The molecule has 0 amide bonds. The van der Waals surface area contributed by atoms with Gasteiger partial charge in [-0.15, -0.1) is 0 Å². The molecule has 158 valence electrons. The van der Waals surface area contributed by atoms with E-state index in [1.165, 1.54) is 0 Å². The van der Waals surface area contributed by atoms with Gasteiger partial charge in [-0.1, -0.05) is 66.9 Å². The van der Waals surface area contributed by atoms with Crippen LogP contribution < -0.4 is 10.1 Å². The molecule has 0 radical (unpaired) electrons. The van der Waals surface area contributed by atoms with Gasteiger partial charge in [-0.05, 0) is 34.4 Å². The molecule has 2 heterocycles. The fourth-order valence-electron chi connectivity index (χ4n) is 4.37. The Balaban J connectivity index is 1.57. The van der Waals surface area contributed by atoms with Crippen LogP contribution in [0, 0.1) is 5.41 Å². The van der Waals surface area contributed by atoms with Crippen LogP contribution >= 0.6 is 11.6 Å². The maximum absolute atomic E-state index is 13.3. The lowest BCUT2D eigenvalue weighted by molar-refractivity contribution is -0.118. The van der Waals surface area contributed by atoms with E-state index in [2.05, 4.69) is 34.7 Å². The number of allylic oxidation sites excluding steroid dienone is 2. The molecule has 0 saturated carbocycles. The number of carbonyl (C=O) groups is 1. The Morgan fingerprint density at radius 1 is 1.16 bits per heavy atom. The number of para-hydroxylation sites is 1. The number of anilines is 1. The summed E-state index contributed by atoms with van der Waals surface area (Å²) in [6, 6.07) is 14.8. The number of halogens is 1. The van der Waals surface area contributed by atoms with Crippen LogP contribution in [0.5, 0.6) is 5.75 Å². The van der Waals surface area contributed by atoms with E-state index in [1.807, 2.05) is 48.5 Å². The summed E-state index contributed by atoms with van der Waals surface area (Å²) < 4.78 is 7.84. The van der Waals surface area contributed by atoms with E-state index >= 15 is 0 Å². The second kappa shape index (κ2) is 7.50. The van der Waals surface area contributed by atoms with Gasteiger partial charge in [0, 0.05) is 33.8 Å². The number of rotatable bonds is 4. The monoisotopic (exact) mass is 435 g/mol. The largest absolute Gasteiger partial charge is 0.488 e. The number of carbonyl (C=O) groups excluding carboxylic acids is 1. The predicted octanol–water partition coefficient (Wildman–Crippen LogP) is 4.56. The summed E-state index contributed by atoms with van der Waals surface area (Å²) in [5.41, 5.74) is 3.19. The van der Waals surface area contributed by atoms with E-state index in [9.17, 15) is 4.79 Å². The Morgan fingerprint density at radius 3 is 2.77 bits per heavy atom. The van der Waals surface area contributed by atoms with Gasteiger partial charge in [0.2, 0.25) is 5.95 Å². The van der Waals surface area contributed by atoms with Gasteiger partial charge in [0.05, 0.1) is 0 Å². The average Bonchev–Trinajstić information content (AvgIpc) is 3.19. The molecule has 0 bridgehead atoms. The lowest BCUT2D eigenvalue weighted by Crippen LogP contribution is -2.36. The molecule has 1 atom stereocenters. The number of fused-ring (bicyclic) bond motifs is 1. The minimum Gasteiger partial charge on any atom is -0.488 e. The Labute approximate surface area is 185 Å². The summed E-state index contributed by atoms with van der Waals surface area (Å²) >= 11 is 6.30. The zero-order chi connectivity index (χ0) is 21.6. The van der Waals surface area contributed by atoms with Gasteiger partial charge < -0.3 is 10.1 Å². The molecule has 8 heteroatoms. The summed E-state index contributed by atoms with van der Waals surface area (Å²) in [6.07, 6.45) is 1.23. The molecular weight excluding hydrogens is 414 g/mol. The third-order valence-corrected chi connectivity index (χ3v) is 6.12. The number of tetrazole rings is 1. The summed E-state index contributed by atoms with van der Waals surface area (Å²) in [5, 5.41) is 16.1. The molecule has 1 aromatic heterocycles. The molecular formula is C23H22ClN5O2. The number of benzene rings is 2. The molecule has 1 aliphatic carbocycles. The Morgan fingerprint density at radius 2 is 1.94 bits per heavy atom. The van der Waals surface area contributed by atoms with Crippen molar-refractivity contribution in [2.45, 2.75) is 39.3 Å². The molecule has 1 unspecified atom stereocenters. The zero-order valence-corrected chi connectivity index (χ0v) is 18.1. The van der Waals surface area contributed by atoms with Crippen LogP contribution in [-0.2, 0) is 11.4 Å². The van der Waals surface area contributed by atoms with E-state index < -0.39 is 6.04 Å². The molecule has 0 fully saturated rings. The lowest BCUT2D eigenvalue weighted by Gasteiger charge is -2.38. The molecule has 3 aromatic rings. The van der Waals surface area contributed by atoms with E-state index in [4.69, 9.17) is 16.3 Å². The van der Waals surface area contributed by atoms with Crippen LogP contribution in [0.15, 0.2) is 59.8 Å². The highest BCUT2D eigenvalue weighted by Gasteiger charge is 2.42. The minimum atomic E-state index is -0.452. The van der Waals surface area contributed by atoms with Crippen molar-refractivity contribution in [2.24, 2.45) is 5.41 Å². The van der Waals surface area contributed by atoms with Crippen LogP contribution in [0.3, 0.4) is 0 Å². The first-order valence-corrected chi connectivity index (χ1v) is 10.6. The molecule has 0 spiro atoms. The number of hydrogen-bond donors (Lipinski definition) is 1. The van der Waals surface area contributed by atoms with Crippen LogP contribution in [-0.4, -0.2) is 26.0 Å². The second-order valence-electron chi connectivity index (χ2n) is 8.73. The number of nitrogens with one attached hydrogen (secondary N) is 1. The van der Waals surface area contributed by atoms with Gasteiger partial charge in [-0.25, -0.2) is 0 Å². The molecule has 5 rings (SSSR count). The minimum absolute atomic E-state index is 0.103. The standard InChI is InChI=1S/C23H22ClN5O2/c1-23(2)11-17-20(18(30)12-23)21(29-22(25-17)26-27-28-29)15-8-4-6-10-19(15)31-13-14-7-3-5-9-16(14)24/h3-10,21H,11-13H2,1-2H3,(H,25,26,28). The molecule has 0 saturated heterocycles. The topological polar surface area (TPSA) is 81.9 Å². The Hall–Kier alpha value is -3.19. The summed E-state index contributed by atoms with van der Waals surface area (Å²) in [6.45, 7) is 4.52. The first-order valence-electron chi connectivity index (χ1n) is 10.2. The lowest BCUT2D eigenvalue weighted by atomic mass is 9.73. The Bertz CT molecular complexity index is 1200. The fourth-order valence-corrected chi connectivity index (χ4v) is 4.56. The third-order valence-electron chi connectivity index (χ3n) is 5.75. The van der Waals surface area contributed by atoms with Crippen LogP contribution in [0.2, 0.25) is 5.02 Å². The van der Waals surface area contributed by atoms with E-state index in [0.717, 1.165) is 23.2 Å². The molecule has 2 aliphatic rings. The van der Waals surface area contributed by atoms with Crippen molar-refractivity contribution in [3.63, 3.8) is 0 Å². The van der Waals surface area contributed by atoms with Crippen molar-refractivity contribution in [1.82, 2.24) is 20.2 Å². The summed E-state index contributed by atoms with van der Waals surface area (Å²) in [7, 11) is 0. The van der Waals surface area contributed by atoms with Gasteiger partial charge in [0.1, 0.15) is 18.4 Å². The van der Waals surface area contributed by atoms with Crippen molar-refractivity contribution in [3.8, 4) is 5.75 Å². The number of ketones is 1. The van der Waals surface area contributed by atoms with Gasteiger partial charge in [-0.3, -0.25) is 4.79 Å². The zero-order valence-electron chi connectivity index (χ0n) is 17.3. The highest BCUT2D eigenvalue weighted by Crippen LogP contribution is 2.46. The van der Waals surface area contributed by atoms with E-state index in [1.54, 1.807) is 4.68 Å². The van der Waals surface area contributed by atoms with Crippen molar-refractivity contribution in [1.29, 1.82) is 0 Å². The number of hydrogen-bond acceptors (Lipinski definition) is 6. The number of aromatic nitrogens is 4. The number of nitrogens with zero attached hydrogens (tertiary/aromatic N) is 4. The second-order valence-corrected chi connectivity index (χ2v) is 9.13. The van der Waals surface area contributed by atoms with E-state index in [0.29, 0.717) is 35.3 Å². The van der Waals surface area contributed by atoms with Crippen molar-refractivity contribution < 1.29 is 9.53 Å². The van der Waals surface area contributed by atoms with Gasteiger partial charge >= 0.3 is 0 Å². The maximum Gasteiger partial charge on any atom is 0.248 e. The smallest absolute Gasteiger partial charge is 0.248 e. The van der Waals surface area contributed by atoms with Crippen LogP contribution in [0.4, 0.5) is 5.95 Å². The average molecular weight is 436 g/mol. The third kappa shape index (κ3) is 3.59. The number of Topliss-reactive ketones (excluding diaryl/α,β-unsaturated/α-hetero) is 1. The normalized spacial score (nSPS) is 19.5. The molecule has 1 N–H and O–H groups in total. The van der Waals surface area contributed by atoms with Crippen LogP contribution in [0.25, 0.3) is 0 Å². The number of ether oxygens (including phenoxy) is 1. The molecule has 2 aromatic carbocycles. The first-order chi connectivity index (χ1) is 14.9. The van der Waals surface area contributed by atoms with E-state index in [-0.39, 0.29) is 11.2 Å². The molecule has 1 aliphatic heterocycles. The highest BCUT2D eigenvalue weighted by molar-refractivity contribution is 6.31. The predicted molar refractivity (Wildman–Crippen MR) is 117 cm³/mol. The molecule has 7 nitrogen and oxygen atoms in total. The Kier molecular flexibility index (Phi) is 4.78. The fraction of sp³-hybridized carbons (Fsp3) is 0.304. The maximum atomic E-state index is 13.3. The van der Waals surface area contributed by atoms with Gasteiger partial charge in [0.15, 0.2) is 5.78 Å². The quantitative estimate of drug-likeness (QED) is 0.646. The van der Waals surface area contributed by atoms with Gasteiger partial charge in [-0.2, -0.15) is 4.68 Å². The van der Waals surface area contributed by atoms with Crippen LogP contribution in [0.1, 0.15) is 43.9 Å². The summed E-state index contributed by atoms with van der Waals surface area (Å²) in [4.78, 5) is 13.3. The van der Waals surface area contributed by atoms with Crippen molar-refractivity contribution in [2.75, 3.05) is 5.32 Å². The first kappa shape index (κ1) is 19.8. The summed E-state index contributed by atoms with van der Waals surface area (Å²) in [5.74, 6) is 1.29.